The van der Waals surface area contributed by atoms with Gasteiger partial charge in [0, 0.05) is 0 Å². The van der Waals surface area contributed by atoms with E-state index in [0.29, 0.717) is 6.29 Å². The molecule has 4 N–H and O–H groups in total. The number of nitrogens with one attached hydrogen (secondary N) is 1. The molecule has 0 aromatic heterocycles. The highest BCUT2D eigenvalue weighted by atomic mass is 16.3. The number of nitrogens with two attached hydrogens (primary N) is 1. The molecule has 0 aliphatic rings. The summed E-state index contributed by atoms with van der Waals surface area (Å²) in [5.74, 6) is -0.567. The first-order valence-corrected chi connectivity index (χ1v) is 6.98. The predicted octanol–water partition coefficient (Wildman–Crippen LogP) is 0.561. The first-order chi connectivity index (χ1) is 10.2. The maximum atomic E-state index is 12.1. The Morgan fingerprint density at radius 1 is 1.32 bits per heavy atom. The molecule has 1 rings (SSSR count). The van der Waals surface area contributed by atoms with Crippen LogP contribution in [-0.2, 0) is 20.8 Å². The zero-order valence-electron chi connectivity index (χ0n) is 13.0. The van der Waals surface area contributed by atoms with Gasteiger partial charge in [0.15, 0.2) is 0 Å². The van der Waals surface area contributed by atoms with Crippen molar-refractivity contribution in [3.63, 3.8) is 0 Å². The number of ketones is 1. The zero-order valence-corrected chi connectivity index (χ0v) is 13.0. The molecule has 0 radical (unpaired) electrons. The highest BCUT2D eigenvalue weighted by Gasteiger charge is 2.35. The van der Waals surface area contributed by atoms with Crippen LogP contribution in [0.4, 0.5) is 0 Å². The number of phenols is 1. The molecule has 0 saturated heterocycles. The fraction of sp³-hybridized carbons (Fsp3) is 0.438. The van der Waals surface area contributed by atoms with E-state index in [-0.39, 0.29) is 18.0 Å². The van der Waals surface area contributed by atoms with E-state index in [4.69, 9.17) is 5.73 Å². The molecular weight excluding hydrogens is 284 g/mol. The summed E-state index contributed by atoms with van der Waals surface area (Å²) >= 11 is 0. The highest BCUT2D eigenvalue weighted by molar-refractivity contribution is 5.90. The fourth-order valence-corrected chi connectivity index (χ4v) is 1.84. The van der Waals surface area contributed by atoms with Crippen LogP contribution in [0.1, 0.15) is 26.3 Å². The number of benzene rings is 1. The number of phenolic OH excluding ortho intramolecular Hbond substituents is 1. The first-order valence-electron chi connectivity index (χ1n) is 6.98. The van der Waals surface area contributed by atoms with Crippen molar-refractivity contribution in [1.82, 2.24) is 5.32 Å². The normalized spacial score (nSPS) is 14.0. The van der Waals surface area contributed by atoms with Gasteiger partial charge in [-0.3, -0.25) is 9.59 Å². The number of hydrogen-bond donors (Lipinski definition) is 3. The second-order valence-corrected chi connectivity index (χ2v) is 5.88. The number of Topliss-reactive ketones (excluding diaryl/α,β-unsaturated/α-hetero) is 1. The average Bonchev–Trinajstić information content (AvgIpc) is 2.46. The lowest BCUT2D eigenvalue weighted by Crippen LogP contribution is -2.54. The fourth-order valence-electron chi connectivity index (χ4n) is 1.84. The molecule has 0 heterocycles. The van der Waals surface area contributed by atoms with E-state index in [9.17, 15) is 19.5 Å². The molecule has 1 amide bonds. The van der Waals surface area contributed by atoms with Crippen molar-refractivity contribution in [3.05, 3.63) is 29.8 Å². The van der Waals surface area contributed by atoms with E-state index in [1.807, 2.05) is 0 Å². The number of carbonyl (C=O) groups excluding carboxylic acids is 3. The molecule has 6 nitrogen and oxygen atoms in total. The number of hydrogen-bond acceptors (Lipinski definition) is 5. The van der Waals surface area contributed by atoms with Gasteiger partial charge in [0.05, 0.1) is 17.5 Å². The summed E-state index contributed by atoms with van der Waals surface area (Å²) in [5, 5.41) is 11.7. The third kappa shape index (κ3) is 4.39. The minimum atomic E-state index is -0.990. The van der Waals surface area contributed by atoms with Crippen molar-refractivity contribution in [3.8, 4) is 5.75 Å². The molecule has 2 atom stereocenters. The van der Waals surface area contributed by atoms with Crippen molar-refractivity contribution in [2.75, 3.05) is 0 Å². The van der Waals surface area contributed by atoms with E-state index >= 15 is 0 Å². The highest BCUT2D eigenvalue weighted by Crippen LogP contribution is 2.21. The number of aromatic hydroxyl groups is 1. The summed E-state index contributed by atoms with van der Waals surface area (Å²) in [6.07, 6.45) is 0.810. The lowest BCUT2D eigenvalue weighted by Gasteiger charge is -2.29. The van der Waals surface area contributed by atoms with Crippen molar-refractivity contribution in [2.45, 2.75) is 39.3 Å². The predicted molar refractivity (Wildman–Crippen MR) is 82.2 cm³/mol. The molecule has 0 saturated carbocycles. The van der Waals surface area contributed by atoms with E-state index in [2.05, 4.69) is 5.32 Å². The Morgan fingerprint density at radius 3 is 2.32 bits per heavy atom. The Morgan fingerprint density at radius 2 is 1.86 bits per heavy atom. The van der Waals surface area contributed by atoms with Crippen LogP contribution >= 0.6 is 0 Å². The maximum Gasteiger partial charge on any atom is 0.237 e. The molecule has 0 aliphatic carbocycles. The summed E-state index contributed by atoms with van der Waals surface area (Å²) in [6.45, 7) is 4.57. The third-order valence-electron chi connectivity index (χ3n) is 3.85. The maximum absolute atomic E-state index is 12.1. The monoisotopic (exact) mass is 306 g/mol. The molecule has 1 aromatic carbocycles. The van der Waals surface area contributed by atoms with Crippen LogP contribution in [0.5, 0.6) is 5.75 Å². The number of amides is 1. The molecule has 6 heteroatoms. The molecule has 0 spiro atoms. The van der Waals surface area contributed by atoms with Gasteiger partial charge in [-0.05, 0) is 31.0 Å². The van der Waals surface area contributed by atoms with E-state index in [1.165, 1.54) is 19.1 Å². The minimum absolute atomic E-state index is 0.131. The minimum Gasteiger partial charge on any atom is -0.508 e. The molecule has 0 fully saturated rings. The second kappa shape index (κ2) is 7.17. The SMILES string of the molecule is CC(=O)C(C)(C)[C@@H](C=O)NC(=O)[C@@H](N)Cc1ccc(O)cc1. The quantitative estimate of drug-likeness (QED) is 0.638. The molecule has 120 valence electrons. The van der Waals surface area contributed by atoms with Crippen molar-refractivity contribution in [2.24, 2.45) is 11.1 Å². The Hall–Kier alpha value is -2.21. The van der Waals surface area contributed by atoms with E-state index in [1.54, 1.807) is 26.0 Å². The van der Waals surface area contributed by atoms with Gasteiger partial charge < -0.3 is 21.0 Å². The van der Waals surface area contributed by atoms with Gasteiger partial charge in [0.2, 0.25) is 5.91 Å². The van der Waals surface area contributed by atoms with Crippen LogP contribution < -0.4 is 11.1 Å². The summed E-state index contributed by atoms with van der Waals surface area (Å²) in [6, 6.07) is 4.57. The van der Waals surface area contributed by atoms with Gasteiger partial charge in [0.25, 0.3) is 0 Å². The zero-order chi connectivity index (χ0) is 16.9. The smallest absolute Gasteiger partial charge is 0.237 e. The van der Waals surface area contributed by atoms with Crippen molar-refractivity contribution < 1.29 is 19.5 Å². The van der Waals surface area contributed by atoms with Crippen molar-refractivity contribution >= 4 is 18.0 Å². The largest absolute Gasteiger partial charge is 0.508 e. The van der Waals surface area contributed by atoms with Gasteiger partial charge in [-0.25, -0.2) is 0 Å². The molecule has 0 bridgehead atoms. The second-order valence-electron chi connectivity index (χ2n) is 5.88. The topological polar surface area (TPSA) is 109 Å². The standard InChI is InChI=1S/C16H22N2O4/c1-10(20)16(2,3)14(9-19)18-15(22)13(17)8-11-4-6-12(21)7-5-11/h4-7,9,13-14,21H,8,17H2,1-3H3,(H,18,22)/t13-,14+/m0/s1. The number of rotatable bonds is 7. The van der Waals surface area contributed by atoms with Gasteiger partial charge in [-0.2, -0.15) is 0 Å². The Labute approximate surface area is 129 Å². The number of aldehydes is 1. The average molecular weight is 306 g/mol. The Balaban J connectivity index is 2.72. The van der Waals surface area contributed by atoms with E-state index in [0.717, 1.165) is 5.56 Å². The van der Waals surface area contributed by atoms with Gasteiger partial charge in [0.1, 0.15) is 17.8 Å². The van der Waals surface area contributed by atoms with Crippen LogP contribution in [0, 0.1) is 5.41 Å². The summed E-state index contributed by atoms with van der Waals surface area (Å²) in [5.41, 5.74) is 5.63. The van der Waals surface area contributed by atoms with Crippen LogP contribution in [0.25, 0.3) is 0 Å². The summed E-state index contributed by atoms with van der Waals surface area (Å²) < 4.78 is 0. The van der Waals surface area contributed by atoms with Crippen LogP contribution in [0.15, 0.2) is 24.3 Å². The molecule has 1 aromatic rings. The van der Waals surface area contributed by atoms with Crippen LogP contribution in [0.3, 0.4) is 0 Å². The lowest BCUT2D eigenvalue weighted by molar-refractivity contribution is -0.132. The molecule has 0 aliphatic heterocycles. The van der Waals surface area contributed by atoms with Crippen LogP contribution in [-0.4, -0.2) is 35.2 Å². The molecule has 0 unspecified atom stereocenters. The number of carbonyl (C=O) groups is 3. The van der Waals surface area contributed by atoms with E-state index < -0.39 is 23.4 Å². The van der Waals surface area contributed by atoms with Crippen molar-refractivity contribution in [1.29, 1.82) is 0 Å². The molecular formula is C16H22N2O4. The third-order valence-corrected chi connectivity index (χ3v) is 3.85. The Kier molecular flexibility index (Phi) is 5.82. The van der Waals surface area contributed by atoms with Gasteiger partial charge in [-0.1, -0.05) is 26.0 Å². The summed E-state index contributed by atoms with van der Waals surface area (Å²) in [7, 11) is 0. The first kappa shape index (κ1) is 17.8. The lowest BCUT2D eigenvalue weighted by atomic mass is 9.81. The van der Waals surface area contributed by atoms with Gasteiger partial charge >= 0.3 is 0 Å². The molecule has 22 heavy (non-hydrogen) atoms. The Bertz CT molecular complexity index is 552. The van der Waals surface area contributed by atoms with Gasteiger partial charge in [-0.15, -0.1) is 0 Å². The van der Waals surface area contributed by atoms with Crippen LogP contribution in [0.2, 0.25) is 0 Å². The summed E-state index contributed by atoms with van der Waals surface area (Å²) in [4.78, 5) is 34.8.